The highest BCUT2D eigenvalue weighted by Gasteiger charge is 2.23. The zero-order valence-corrected chi connectivity index (χ0v) is 17.3. The molecule has 0 fully saturated rings. The van der Waals surface area contributed by atoms with E-state index >= 15 is 0 Å². The van der Waals surface area contributed by atoms with Crippen molar-refractivity contribution in [2.75, 3.05) is 0 Å². The van der Waals surface area contributed by atoms with Crippen LogP contribution in [-0.4, -0.2) is 4.98 Å². The van der Waals surface area contributed by atoms with Crippen LogP contribution in [0.15, 0.2) is 99.8 Å². The summed E-state index contributed by atoms with van der Waals surface area (Å²) in [5.74, 6) is 0.948. The zero-order valence-electron chi connectivity index (χ0n) is 17.3. The lowest BCUT2D eigenvalue weighted by atomic mass is 9.93. The molecule has 32 heavy (non-hydrogen) atoms. The maximum absolute atomic E-state index is 6.29. The smallest absolute Gasteiger partial charge is 0.144 e. The minimum Gasteiger partial charge on any atom is -0.456 e. The van der Waals surface area contributed by atoms with Gasteiger partial charge in [0.2, 0.25) is 0 Å². The number of rotatable bonds is 2. The van der Waals surface area contributed by atoms with Gasteiger partial charge in [0.05, 0.1) is 11.4 Å². The average Bonchev–Trinajstić information content (AvgIpc) is 3.42. The van der Waals surface area contributed by atoms with Crippen molar-refractivity contribution in [3.63, 3.8) is 0 Å². The van der Waals surface area contributed by atoms with Gasteiger partial charge in [0.25, 0.3) is 0 Å². The van der Waals surface area contributed by atoms with Crippen LogP contribution < -0.4 is 0 Å². The molecule has 3 heterocycles. The van der Waals surface area contributed by atoms with Gasteiger partial charge >= 0.3 is 0 Å². The van der Waals surface area contributed by atoms with E-state index < -0.39 is 0 Å². The van der Waals surface area contributed by atoms with Crippen molar-refractivity contribution in [3.05, 3.63) is 108 Å². The zero-order chi connectivity index (χ0) is 21.1. The Hall–Kier alpha value is -4.11. The van der Waals surface area contributed by atoms with Crippen LogP contribution in [0, 0.1) is 0 Å². The lowest BCUT2D eigenvalue weighted by Crippen LogP contribution is -2.00. The number of allylic oxidation sites excluding steroid dienone is 1. The van der Waals surface area contributed by atoms with Gasteiger partial charge in [0.15, 0.2) is 0 Å². The SMILES string of the molecule is C1=C(c2cccc(-c3cccc4c3oc3ccccc34)n2)c2oc3ccccc3c2CC1. The summed E-state index contributed by atoms with van der Waals surface area (Å²) >= 11 is 0. The monoisotopic (exact) mass is 413 g/mol. The molecular formula is C29H19NO2. The fourth-order valence-corrected chi connectivity index (χ4v) is 4.92. The largest absolute Gasteiger partial charge is 0.456 e. The van der Waals surface area contributed by atoms with Gasteiger partial charge in [-0.15, -0.1) is 0 Å². The van der Waals surface area contributed by atoms with Gasteiger partial charge < -0.3 is 8.83 Å². The van der Waals surface area contributed by atoms with Crippen LogP contribution in [0.25, 0.3) is 49.7 Å². The molecule has 7 rings (SSSR count). The standard InChI is InChI=1S/C29H19NO2/c1-3-16-26-18(8-1)20-10-5-12-22(28(20)31-26)24-14-7-15-25(30-24)23-13-6-11-21-19-9-2-4-17-27(19)32-29(21)23/h1-5,7-10,12-17H,6,11H2. The van der Waals surface area contributed by atoms with Crippen LogP contribution in [0.3, 0.4) is 0 Å². The summed E-state index contributed by atoms with van der Waals surface area (Å²) in [6.45, 7) is 0. The number of para-hydroxylation sites is 3. The van der Waals surface area contributed by atoms with Crippen molar-refractivity contribution in [2.45, 2.75) is 12.8 Å². The van der Waals surface area contributed by atoms with E-state index in [0.29, 0.717) is 0 Å². The molecule has 0 aliphatic heterocycles. The lowest BCUT2D eigenvalue weighted by molar-refractivity contribution is 0.590. The predicted octanol–water partition coefficient (Wildman–Crippen LogP) is 7.77. The number of aryl methyl sites for hydroxylation is 1. The number of fused-ring (bicyclic) bond motifs is 6. The summed E-state index contributed by atoms with van der Waals surface area (Å²) in [7, 11) is 0. The minimum absolute atomic E-state index is 0.875. The Morgan fingerprint density at radius 2 is 1.34 bits per heavy atom. The molecule has 0 bridgehead atoms. The molecule has 1 aliphatic carbocycles. The van der Waals surface area contributed by atoms with Crippen LogP contribution >= 0.6 is 0 Å². The Labute approximate surface area is 184 Å². The summed E-state index contributed by atoms with van der Waals surface area (Å²) in [4.78, 5) is 5.07. The van der Waals surface area contributed by atoms with Crippen molar-refractivity contribution in [1.29, 1.82) is 0 Å². The molecule has 3 aromatic carbocycles. The van der Waals surface area contributed by atoms with E-state index in [9.17, 15) is 0 Å². The van der Waals surface area contributed by atoms with Crippen LogP contribution in [0.5, 0.6) is 0 Å². The average molecular weight is 413 g/mol. The van der Waals surface area contributed by atoms with Crippen molar-refractivity contribution < 1.29 is 8.83 Å². The molecule has 0 saturated heterocycles. The van der Waals surface area contributed by atoms with E-state index in [1.165, 1.54) is 10.9 Å². The van der Waals surface area contributed by atoms with Crippen LogP contribution in [-0.2, 0) is 6.42 Å². The lowest BCUT2D eigenvalue weighted by Gasteiger charge is -2.13. The van der Waals surface area contributed by atoms with Gasteiger partial charge in [-0.2, -0.15) is 0 Å². The summed E-state index contributed by atoms with van der Waals surface area (Å²) in [6.07, 6.45) is 4.23. The molecule has 0 N–H and O–H groups in total. The van der Waals surface area contributed by atoms with E-state index in [1.807, 2.05) is 36.4 Å². The second-order valence-electron chi connectivity index (χ2n) is 8.25. The Morgan fingerprint density at radius 1 is 0.625 bits per heavy atom. The third-order valence-corrected chi connectivity index (χ3v) is 6.39. The molecule has 0 unspecified atom stereocenters. The molecule has 6 aromatic rings. The topological polar surface area (TPSA) is 39.2 Å². The number of furan rings is 2. The molecule has 0 saturated carbocycles. The first-order chi connectivity index (χ1) is 15.9. The third kappa shape index (κ3) is 2.51. The predicted molar refractivity (Wildman–Crippen MR) is 129 cm³/mol. The van der Waals surface area contributed by atoms with Crippen molar-refractivity contribution in [3.8, 4) is 11.3 Å². The Bertz CT molecular complexity index is 1680. The quantitative estimate of drug-likeness (QED) is 0.291. The minimum atomic E-state index is 0.875. The van der Waals surface area contributed by atoms with Crippen molar-refractivity contribution in [2.24, 2.45) is 0 Å². The first kappa shape index (κ1) is 17.6. The number of nitrogens with zero attached hydrogens (tertiary/aromatic N) is 1. The number of pyridine rings is 1. The summed E-state index contributed by atoms with van der Waals surface area (Å²) < 4.78 is 12.5. The summed E-state index contributed by atoms with van der Waals surface area (Å²) in [6, 6.07) is 28.9. The maximum atomic E-state index is 6.29. The summed E-state index contributed by atoms with van der Waals surface area (Å²) in [5.41, 5.74) is 7.89. The summed E-state index contributed by atoms with van der Waals surface area (Å²) in [5, 5.41) is 3.44. The molecule has 3 heteroatoms. The van der Waals surface area contributed by atoms with Crippen LogP contribution in [0.2, 0.25) is 0 Å². The number of benzene rings is 3. The fraction of sp³-hybridized carbons (Fsp3) is 0.0690. The van der Waals surface area contributed by atoms with Gasteiger partial charge in [-0.3, -0.25) is 0 Å². The first-order valence-electron chi connectivity index (χ1n) is 11.0. The number of aromatic nitrogens is 1. The van der Waals surface area contributed by atoms with Gasteiger partial charge in [0.1, 0.15) is 22.5 Å². The molecule has 3 aromatic heterocycles. The highest BCUT2D eigenvalue weighted by atomic mass is 16.3. The van der Waals surface area contributed by atoms with Crippen LogP contribution in [0.1, 0.15) is 23.4 Å². The van der Waals surface area contributed by atoms with E-state index in [2.05, 4.69) is 54.6 Å². The molecule has 0 radical (unpaired) electrons. The molecule has 0 amide bonds. The number of hydrogen-bond donors (Lipinski definition) is 0. The van der Waals surface area contributed by atoms with Crippen LogP contribution in [0.4, 0.5) is 0 Å². The van der Waals surface area contributed by atoms with Gasteiger partial charge in [0, 0.05) is 32.9 Å². The molecule has 0 spiro atoms. The Balaban J connectivity index is 1.40. The van der Waals surface area contributed by atoms with Crippen molar-refractivity contribution >= 4 is 38.5 Å². The highest BCUT2D eigenvalue weighted by Crippen LogP contribution is 2.39. The van der Waals surface area contributed by atoms with E-state index in [0.717, 1.165) is 68.6 Å². The van der Waals surface area contributed by atoms with Gasteiger partial charge in [-0.1, -0.05) is 60.7 Å². The third-order valence-electron chi connectivity index (χ3n) is 6.39. The molecule has 0 atom stereocenters. The van der Waals surface area contributed by atoms with Gasteiger partial charge in [-0.05, 0) is 43.2 Å². The second-order valence-corrected chi connectivity index (χ2v) is 8.25. The van der Waals surface area contributed by atoms with E-state index in [1.54, 1.807) is 0 Å². The molecule has 1 aliphatic rings. The highest BCUT2D eigenvalue weighted by molar-refractivity contribution is 6.09. The van der Waals surface area contributed by atoms with Gasteiger partial charge in [-0.25, -0.2) is 4.98 Å². The van der Waals surface area contributed by atoms with E-state index in [-0.39, 0.29) is 0 Å². The molecule has 3 nitrogen and oxygen atoms in total. The number of hydrogen-bond acceptors (Lipinski definition) is 3. The molecule has 152 valence electrons. The fourth-order valence-electron chi connectivity index (χ4n) is 4.92. The molecular weight excluding hydrogens is 394 g/mol. The second kappa shape index (κ2) is 6.69. The maximum Gasteiger partial charge on any atom is 0.144 e. The normalized spacial score (nSPS) is 13.6. The first-order valence-corrected chi connectivity index (χ1v) is 11.0. The van der Waals surface area contributed by atoms with Crippen molar-refractivity contribution in [1.82, 2.24) is 4.98 Å². The Morgan fingerprint density at radius 3 is 2.25 bits per heavy atom. The Kier molecular flexibility index (Phi) is 3.67. The van der Waals surface area contributed by atoms with E-state index in [4.69, 9.17) is 13.8 Å².